The van der Waals surface area contributed by atoms with E-state index < -0.39 is 22.2 Å². The summed E-state index contributed by atoms with van der Waals surface area (Å²) in [5, 5.41) is 0. The van der Waals surface area contributed by atoms with E-state index in [-0.39, 0.29) is 11.5 Å². The maximum Gasteiger partial charge on any atom is 0.156 e. The Labute approximate surface area is 63.9 Å². The van der Waals surface area contributed by atoms with Crippen molar-refractivity contribution < 1.29 is 17.5 Å². The van der Waals surface area contributed by atoms with Gasteiger partial charge in [0.1, 0.15) is 0 Å². The first-order chi connectivity index (χ1) is 4.63. The summed E-state index contributed by atoms with van der Waals surface area (Å²) >= 11 is -3.70. The molecule has 6 heteroatoms. The highest BCUT2D eigenvalue weighted by atomic mass is 32.2. The van der Waals surface area contributed by atoms with Gasteiger partial charge < -0.3 is 9.11 Å². The second-order valence-electron chi connectivity index (χ2n) is 1.45. The molecular formula is C4H8O4S2. The van der Waals surface area contributed by atoms with Crippen molar-refractivity contribution in [3.8, 4) is 0 Å². The summed E-state index contributed by atoms with van der Waals surface area (Å²) in [6.45, 7) is 0. The van der Waals surface area contributed by atoms with Crippen molar-refractivity contribution >= 4 is 22.2 Å². The van der Waals surface area contributed by atoms with Crippen LogP contribution in [0.3, 0.4) is 0 Å². The van der Waals surface area contributed by atoms with E-state index in [2.05, 4.69) is 0 Å². The topological polar surface area (TPSA) is 74.6 Å². The van der Waals surface area contributed by atoms with Crippen molar-refractivity contribution in [2.75, 3.05) is 11.5 Å². The van der Waals surface area contributed by atoms with Gasteiger partial charge in [-0.3, -0.25) is 0 Å². The molecule has 10 heavy (non-hydrogen) atoms. The smallest absolute Gasteiger partial charge is 0.156 e. The van der Waals surface area contributed by atoms with Crippen molar-refractivity contribution in [2.45, 2.75) is 0 Å². The molecule has 0 rings (SSSR count). The molecule has 0 aliphatic heterocycles. The molecule has 0 saturated heterocycles. The summed E-state index contributed by atoms with van der Waals surface area (Å²) < 4.78 is 36.3. The van der Waals surface area contributed by atoms with E-state index in [1.54, 1.807) is 0 Å². The van der Waals surface area contributed by atoms with Crippen LogP contribution in [0.25, 0.3) is 0 Å². The van der Waals surface area contributed by atoms with Crippen molar-refractivity contribution in [1.29, 1.82) is 0 Å². The third-order valence-corrected chi connectivity index (χ3v) is 1.60. The number of hydrogen-bond acceptors (Lipinski definition) is 2. The van der Waals surface area contributed by atoms with Gasteiger partial charge in [-0.05, 0) is 0 Å². The van der Waals surface area contributed by atoms with Crippen LogP contribution in [0.15, 0.2) is 12.2 Å². The van der Waals surface area contributed by atoms with E-state index in [1.807, 2.05) is 0 Å². The Morgan fingerprint density at radius 3 is 1.50 bits per heavy atom. The minimum atomic E-state index is -1.85. The Balaban J connectivity index is 3.38. The first kappa shape index (κ1) is 9.96. The second kappa shape index (κ2) is 5.72. The first-order valence-electron chi connectivity index (χ1n) is 2.43. The fraction of sp³-hybridized carbons (Fsp3) is 0.500. The molecule has 0 amide bonds. The third-order valence-electron chi connectivity index (χ3n) is 0.644. The lowest BCUT2D eigenvalue weighted by Gasteiger charge is -1.84. The lowest BCUT2D eigenvalue weighted by atomic mass is 10.6. The molecule has 0 radical (unpaired) electrons. The van der Waals surface area contributed by atoms with Crippen LogP contribution in [-0.4, -0.2) is 29.0 Å². The van der Waals surface area contributed by atoms with Crippen LogP contribution in [0, 0.1) is 0 Å². The van der Waals surface area contributed by atoms with Crippen LogP contribution in [0.5, 0.6) is 0 Å². The molecule has 60 valence electrons. The molecule has 4 nitrogen and oxygen atoms in total. The van der Waals surface area contributed by atoms with E-state index in [0.29, 0.717) is 0 Å². The quantitative estimate of drug-likeness (QED) is 0.476. The van der Waals surface area contributed by atoms with Gasteiger partial charge in [0, 0.05) is 0 Å². The van der Waals surface area contributed by atoms with Gasteiger partial charge in [-0.1, -0.05) is 12.2 Å². The zero-order chi connectivity index (χ0) is 7.98. The number of hydrogen-bond donors (Lipinski definition) is 2. The first-order valence-corrected chi connectivity index (χ1v) is 4.98. The molecule has 0 bridgehead atoms. The minimum Gasteiger partial charge on any atom is -0.306 e. The lowest BCUT2D eigenvalue weighted by molar-refractivity contribution is 0.565. The zero-order valence-corrected chi connectivity index (χ0v) is 6.73. The van der Waals surface area contributed by atoms with Gasteiger partial charge >= 0.3 is 0 Å². The molecule has 0 spiro atoms. The van der Waals surface area contributed by atoms with Crippen LogP contribution in [-0.2, 0) is 22.2 Å². The molecule has 0 aromatic heterocycles. The molecule has 0 aliphatic carbocycles. The van der Waals surface area contributed by atoms with Crippen molar-refractivity contribution in [1.82, 2.24) is 0 Å². The largest absolute Gasteiger partial charge is 0.306 e. The average Bonchev–Trinajstić information content (AvgIpc) is 1.79. The van der Waals surface area contributed by atoms with Gasteiger partial charge in [0.15, 0.2) is 22.2 Å². The van der Waals surface area contributed by atoms with Crippen LogP contribution >= 0.6 is 0 Å². The Morgan fingerprint density at radius 1 is 1.00 bits per heavy atom. The van der Waals surface area contributed by atoms with Crippen molar-refractivity contribution in [3.05, 3.63) is 12.2 Å². The molecular weight excluding hydrogens is 176 g/mol. The van der Waals surface area contributed by atoms with E-state index in [9.17, 15) is 8.42 Å². The van der Waals surface area contributed by atoms with Crippen molar-refractivity contribution in [2.24, 2.45) is 0 Å². The predicted octanol–water partition coefficient (Wildman–Crippen LogP) is -0.0140. The highest BCUT2D eigenvalue weighted by molar-refractivity contribution is 7.79. The summed E-state index contributed by atoms with van der Waals surface area (Å²) in [5.74, 6) is 0.0222. The monoisotopic (exact) mass is 184 g/mol. The summed E-state index contributed by atoms with van der Waals surface area (Å²) in [6, 6.07) is 0. The van der Waals surface area contributed by atoms with E-state index in [0.717, 1.165) is 0 Å². The van der Waals surface area contributed by atoms with Gasteiger partial charge in [-0.15, -0.1) is 0 Å². The van der Waals surface area contributed by atoms with Crippen LogP contribution in [0.1, 0.15) is 0 Å². The summed E-state index contributed by atoms with van der Waals surface area (Å²) in [6.07, 6.45) is 2.79. The van der Waals surface area contributed by atoms with Crippen LogP contribution < -0.4 is 0 Å². The highest BCUT2D eigenvalue weighted by Gasteiger charge is 1.87. The predicted molar refractivity (Wildman–Crippen MR) is 40.4 cm³/mol. The van der Waals surface area contributed by atoms with Gasteiger partial charge in [0.05, 0.1) is 11.5 Å². The van der Waals surface area contributed by atoms with Gasteiger partial charge in [0.2, 0.25) is 0 Å². The molecule has 2 unspecified atom stereocenters. The summed E-state index contributed by atoms with van der Waals surface area (Å²) in [4.78, 5) is 0. The standard InChI is InChI=1S/C4H8O4S2/c5-9(6)3-1-2-4-10(7)8/h1-2H,3-4H2,(H,5,6)(H,7,8). The SMILES string of the molecule is O=S(O)CC=CCS(=O)O. The van der Waals surface area contributed by atoms with Gasteiger partial charge in [-0.2, -0.15) is 0 Å². The minimum absolute atomic E-state index is 0.0111. The third kappa shape index (κ3) is 7.96. The van der Waals surface area contributed by atoms with E-state index >= 15 is 0 Å². The highest BCUT2D eigenvalue weighted by Crippen LogP contribution is 1.80. The Bertz CT molecular complexity index is 147. The Kier molecular flexibility index (Phi) is 5.70. The molecule has 0 aromatic rings. The molecule has 0 fully saturated rings. The van der Waals surface area contributed by atoms with Crippen LogP contribution in [0.2, 0.25) is 0 Å². The normalized spacial score (nSPS) is 17.4. The second-order valence-corrected chi connectivity index (χ2v) is 3.40. The van der Waals surface area contributed by atoms with Crippen molar-refractivity contribution in [3.63, 3.8) is 0 Å². The molecule has 0 heterocycles. The molecule has 0 saturated carbocycles. The van der Waals surface area contributed by atoms with E-state index in [1.165, 1.54) is 12.2 Å². The lowest BCUT2D eigenvalue weighted by Crippen LogP contribution is -1.93. The maximum absolute atomic E-state index is 9.97. The van der Waals surface area contributed by atoms with Gasteiger partial charge in [-0.25, -0.2) is 8.42 Å². The van der Waals surface area contributed by atoms with Gasteiger partial charge in [0.25, 0.3) is 0 Å². The maximum atomic E-state index is 9.97. The number of rotatable bonds is 4. The molecule has 0 aromatic carbocycles. The fourth-order valence-electron chi connectivity index (χ4n) is 0.301. The van der Waals surface area contributed by atoms with E-state index in [4.69, 9.17) is 9.11 Å². The van der Waals surface area contributed by atoms with Crippen LogP contribution in [0.4, 0.5) is 0 Å². The average molecular weight is 184 g/mol. The molecule has 0 aliphatic rings. The Hall–Kier alpha value is -0.0400. The summed E-state index contributed by atoms with van der Waals surface area (Å²) in [7, 11) is 0. The molecule has 2 atom stereocenters. The Morgan fingerprint density at radius 2 is 1.30 bits per heavy atom. The fourth-order valence-corrected chi connectivity index (χ4v) is 0.902. The summed E-state index contributed by atoms with van der Waals surface area (Å²) in [5.41, 5.74) is 0. The zero-order valence-electron chi connectivity index (χ0n) is 5.10. The molecule has 2 N–H and O–H groups in total.